The average Bonchev–Trinajstić information content (AvgIpc) is 2.82. The zero-order valence-corrected chi connectivity index (χ0v) is 19.6. The highest BCUT2D eigenvalue weighted by molar-refractivity contribution is 7.92. The summed E-state index contributed by atoms with van der Waals surface area (Å²) in [7, 11) is -3.94. The first-order valence-electron chi connectivity index (χ1n) is 10.5. The van der Waals surface area contributed by atoms with Crippen molar-refractivity contribution in [3.05, 3.63) is 71.8 Å². The maximum atomic E-state index is 12.8. The third kappa shape index (κ3) is 6.72. The van der Waals surface area contributed by atoms with Crippen LogP contribution in [0.3, 0.4) is 0 Å². The molecule has 1 aromatic carbocycles. The number of anilines is 1. The maximum absolute atomic E-state index is 12.8. The van der Waals surface area contributed by atoms with Crippen molar-refractivity contribution in [2.45, 2.75) is 38.7 Å². The van der Waals surface area contributed by atoms with Crippen LogP contribution in [0.15, 0.2) is 59.9 Å². The lowest BCUT2D eigenvalue weighted by atomic mass is 10.1. The zero-order valence-electron chi connectivity index (χ0n) is 18.8. The summed E-state index contributed by atoms with van der Waals surface area (Å²) < 4.78 is 33.8. The van der Waals surface area contributed by atoms with E-state index in [0.29, 0.717) is 12.5 Å². The molecule has 1 amide bonds. The first-order valence-corrected chi connectivity index (χ1v) is 12.0. The summed E-state index contributed by atoms with van der Waals surface area (Å²) in [5.74, 6) is -0.325. The Hall–Kier alpha value is -3.53. The molecule has 2 N–H and O–H groups in total. The van der Waals surface area contributed by atoms with E-state index in [1.54, 1.807) is 36.7 Å². The van der Waals surface area contributed by atoms with Crippen molar-refractivity contribution in [3.8, 4) is 5.88 Å². The second-order valence-electron chi connectivity index (χ2n) is 7.70. The number of amides is 1. The number of hydrogen-bond acceptors (Lipinski definition) is 7. The van der Waals surface area contributed by atoms with Gasteiger partial charge in [0.05, 0.1) is 11.1 Å². The molecule has 0 fully saturated rings. The Morgan fingerprint density at radius 3 is 2.58 bits per heavy atom. The molecule has 0 saturated heterocycles. The van der Waals surface area contributed by atoms with Gasteiger partial charge < -0.3 is 10.1 Å². The molecule has 33 heavy (non-hydrogen) atoms. The van der Waals surface area contributed by atoms with Crippen LogP contribution in [-0.2, 0) is 16.6 Å². The van der Waals surface area contributed by atoms with Crippen molar-refractivity contribution in [2.24, 2.45) is 5.92 Å². The molecule has 3 rings (SSSR count). The number of nitrogens with zero attached hydrogens (tertiary/aromatic N) is 3. The molecule has 174 valence electrons. The third-order valence-electron chi connectivity index (χ3n) is 4.94. The van der Waals surface area contributed by atoms with Gasteiger partial charge in [0.1, 0.15) is 6.61 Å². The van der Waals surface area contributed by atoms with Crippen molar-refractivity contribution in [1.29, 1.82) is 0 Å². The van der Waals surface area contributed by atoms with Gasteiger partial charge in [-0.05, 0) is 31.0 Å². The van der Waals surface area contributed by atoms with E-state index in [2.05, 4.69) is 25.0 Å². The summed E-state index contributed by atoms with van der Waals surface area (Å²) >= 11 is 0. The number of sulfonamides is 1. The summed E-state index contributed by atoms with van der Waals surface area (Å²) in [6, 6.07) is 9.95. The number of carbonyl (C=O) groups excluding carboxylic acids is 1. The summed E-state index contributed by atoms with van der Waals surface area (Å²) in [6.07, 6.45) is 5.39. The lowest BCUT2D eigenvalue weighted by molar-refractivity contribution is 0.0941. The number of carbonyl (C=O) groups is 1. The predicted octanol–water partition coefficient (Wildman–Crippen LogP) is 3.34. The number of aromatic nitrogens is 3. The highest BCUT2D eigenvalue weighted by Crippen LogP contribution is 2.24. The minimum atomic E-state index is -3.94. The second-order valence-corrected chi connectivity index (χ2v) is 9.38. The standard InChI is InChI=1S/C23H27N5O4S/c1-4-16(2)12-26-22(29)20-14-25-21(23(27-20)32-15-18-6-5-11-24-13-18)28-33(30,31)19-9-7-17(3)8-10-19/h5-11,13-14,16H,4,12,15H2,1-3H3,(H,25,28)(H,26,29). The lowest BCUT2D eigenvalue weighted by Gasteiger charge is -2.14. The molecule has 2 heterocycles. The average molecular weight is 470 g/mol. The van der Waals surface area contributed by atoms with Crippen LogP contribution in [-0.4, -0.2) is 35.8 Å². The lowest BCUT2D eigenvalue weighted by Crippen LogP contribution is -2.29. The number of hydrogen-bond donors (Lipinski definition) is 2. The normalized spacial score (nSPS) is 12.1. The highest BCUT2D eigenvalue weighted by atomic mass is 32.2. The second kappa shape index (κ2) is 10.9. The zero-order chi connectivity index (χ0) is 23.8. The number of pyridine rings is 1. The first kappa shape index (κ1) is 24.1. The van der Waals surface area contributed by atoms with Crippen LogP contribution < -0.4 is 14.8 Å². The first-order chi connectivity index (χ1) is 15.8. The van der Waals surface area contributed by atoms with Crippen molar-refractivity contribution in [1.82, 2.24) is 20.3 Å². The summed E-state index contributed by atoms with van der Waals surface area (Å²) in [6.45, 7) is 6.49. The summed E-state index contributed by atoms with van der Waals surface area (Å²) in [5.41, 5.74) is 1.71. The molecule has 1 unspecified atom stereocenters. The van der Waals surface area contributed by atoms with E-state index in [1.807, 2.05) is 20.8 Å². The van der Waals surface area contributed by atoms with Gasteiger partial charge >= 0.3 is 0 Å². The highest BCUT2D eigenvalue weighted by Gasteiger charge is 2.21. The van der Waals surface area contributed by atoms with E-state index in [0.717, 1.165) is 17.5 Å². The molecule has 2 aromatic heterocycles. The van der Waals surface area contributed by atoms with Gasteiger partial charge in [-0.15, -0.1) is 0 Å². The van der Waals surface area contributed by atoms with Gasteiger partial charge in [-0.3, -0.25) is 14.5 Å². The molecule has 0 spiro atoms. The Morgan fingerprint density at radius 1 is 1.15 bits per heavy atom. The molecular weight excluding hydrogens is 442 g/mol. The molecule has 0 aliphatic rings. The fraction of sp³-hybridized carbons (Fsp3) is 0.304. The molecule has 0 saturated carbocycles. The Morgan fingerprint density at radius 2 is 1.91 bits per heavy atom. The molecule has 9 nitrogen and oxygen atoms in total. The largest absolute Gasteiger partial charge is 0.470 e. The van der Waals surface area contributed by atoms with Crippen molar-refractivity contribution in [3.63, 3.8) is 0 Å². The van der Waals surface area contributed by atoms with Crippen LogP contribution in [0, 0.1) is 12.8 Å². The van der Waals surface area contributed by atoms with Crippen LogP contribution in [0.1, 0.15) is 41.9 Å². The molecule has 0 aliphatic heterocycles. The van der Waals surface area contributed by atoms with E-state index >= 15 is 0 Å². The van der Waals surface area contributed by atoms with E-state index < -0.39 is 15.9 Å². The SMILES string of the molecule is CCC(C)CNC(=O)c1cnc(NS(=O)(=O)c2ccc(C)cc2)c(OCc2cccnc2)n1. The predicted molar refractivity (Wildman–Crippen MR) is 124 cm³/mol. The minimum Gasteiger partial charge on any atom is -0.470 e. The van der Waals surface area contributed by atoms with E-state index in [9.17, 15) is 13.2 Å². The van der Waals surface area contributed by atoms with Crippen LogP contribution in [0.4, 0.5) is 5.82 Å². The number of nitrogens with one attached hydrogen (secondary N) is 2. The smallest absolute Gasteiger partial charge is 0.271 e. The van der Waals surface area contributed by atoms with Gasteiger partial charge in [0.25, 0.3) is 21.8 Å². The Bertz CT molecular complexity index is 1190. The van der Waals surface area contributed by atoms with Gasteiger partial charge in [0.2, 0.25) is 5.82 Å². The van der Waals surface area contributed by atoms with Crippen LogP contribution in [0.5, 0.6) is 5.88 Å². The Balaban J connectivity index is 1.87. The van der Waals surface area contributed by atoms with Gasteiger partial charge in [0, 0.05) is 24.5 Å². The molecule has 0 aliphatic carbocycles. The van der Waals surface area contributed by atoms with E-state index in [4.69, 9.17) is 4.74 Å². The summed E-state index contributed by atoms with van der Waals surface area (Å²) in [5, 5.41) is 2.80. The minimum absolute atomic E-state index is 0.0257. The van der Waals surface area contributed by atoms with Gasteiger partial charge in [0.15, 0.2) is 5.69 Å². The van der Waals surface area contributed by atoms with Crippen molar-refractivity contribution < 1.29 is 17.9 Å². The monoisotopic (exact) mass is 469 g/mol. The molecule has 1 atom stereocenters. The number of rotatable bonds is 10. The van der Waals surface area contributed by atoms with Crippen LogP contribution >= 0.6 is 0 Å². The number of benzene rings is 1. The molecule has 10 heteroatoms. The molecule has 3 aromatic rings. The third-order valence-corrected chi connectivity index (χ3v) is 6.30. The van der Waals surface area contributed by atoms with Gasteiger partial charge in [-0.2, -0.15) is 0 Å². The Kier molecular flexibility index (Phi) is 7.94. The van der Waals surface area contributed by atoms with E-state index in [-0.39, 0.29) is 28.9 Å². The quantitative estimate of drug-likeness (QED) is 0.467. The fourth-order valence-corrected chi connectivity index (χ4v) is 3.70. The van der Waals surface area contributed by atoms with Gasteiger partial charge in [-0.25, -0.2) is 18.4 Å². The molecule has 0 bridgehead atoms. The maximum Gasteiger partial charge on any atom is 0.271 e. The molecule has 0 radical (unpaired) electrons. The topological polar surface area (TPSA) is 123 Å². The van der Waals surface area contributed by atoms with Gasteiger partial charge in [-0.1, -0.05) is 44.0 Å². The Labute approximate surface area is 193 Å². The molecular formula is C23H27N5O4S. The van der Waals surface area contributed by atoms with Crippen LogP contribution in [0.25, 0.3) is 0 Å². The number of ether oxygens (including phenoxy) is 1. The van der Waals surface area contributed by atoms with Crippen molar-refractivity contribution in [2.75, 3.05) is 11.3 Å². The fourth-order valence-electron chi connectivity index (χ4n) is 2.69. The van der Waals surface area contributed by atoms with Crippen LogP contribution in [0.2, 0.25) is 0 Å². The number of aryl methyl sites for hydroxylation is 1. The van der Waals surface area contributed by atoms with E-state index in [1.165, 1.54) is 18.3 Å². The van der Waals surface area contributed by atoms with Crippen molar-refractivity contribution >= 4 is 21.7 Å². The summed E-state index contributed by atoms with van der Waals surface area (Å²) in [4.78, 5) is 25.0.